The van der Waals surface area contributed by atoms with Crippen LogP contribution in [0, 0.1) is 0 Å². The zero-order valence-electron chi connectivity index (χ0n) is 24.1. The molecule has 0 spiro atoms. The zero-order chi connectivity index (χ0) is 30.4. The molecule has 0 radical (unpaired) electrons. The normalized spacial score (nSPS) is 16.9. The monoisotopic (exact) mass is 588 g/mol. The van der Waals surface area contributed by atoms with Crippen LogP contribution < -0.4 is 20.7 Å². The standard InChI is InChI=1S/C29H37ClN4O7/c1-28(2,3)40-26(37)31-16-24(35)32-20-15-23(34(17-20)27(38)41-29(4,5)6)25(36)33-19-9-13-22(14-10-19)39-21-11-7-18(30)8-12-21/h7-14,20,23H,15-17H2,1-6H3,(H,31,37)(H,32,35)(H,33,36)/t20-,23+/m1/s1. The third-order valence-electron chi connectivity index (χ3n) is 5.56. The van der Waals surface area contributed by atoms with Crippen molar-refractivity contribution in [2.75, 3.05) is 18.4 Å². The van der Waals surface area contributed by atoms with Gasteiger partial charge in [0.25, 0.3) is 0 Å². The number of rotatable bonds is 7. The van der Waals surface area contributed by atoms with Crippen molar-refractivity contribution in [3.8, 4) is 11.5 Å². The predicted octanol–water partition coefficient (Wildman–Crippen LogP) is 5.09. The molecule has 1 fully saturated rings. The molecule has 2 atom stereocenters. The first-order chi connectivity index (χ1) is 19.1. The van der Waals surface area contributed by atoms with E-state index in [2.05, 4.69) is 16.0 Å². The molecule has 0 bridgehead atoms. The van der Waals surface area contributed by atoms with Crippen molar-refractivity contribution in [2.24, 2.45) is 0 Å². The summed E-state index contributed by atoms with van der Waals surface area (Å²) in [7, 11) is 0. The number of amides is 4. The van der Waals surface area contributed by atoms with E-state index in [4.69, 9.17) is 25.8 Å². The Bertz CT molecular complexity index is 1240. The van der Waals surface area contributed by atoms with Gasteiger partial charge in [0, 0.05) is 23.3 Å². The number of ether oxygens (including phenoxy) is 3. The van der Waals surface area contributed by atoms with E-state index in [0.29, 0.717) is 22.2 Å². The number of likely N-dealkylation sites (tertiary alicyclic amines) is 1. The minimum atomic E-state index is -0.904. The highest BCUT2D eigenvalue weighted by Crippen LogP contribution is 2.26. The van der Waals surface area contributed by atoms with Crippen LogP contribution >= 0.6 is 11.6 Å². The molecule has 0 unspecified atom stereocenters. The Morgan fingerprint density at radius 2 is 1.44 bits per heavy atom. The van der Waals surface area contributed by atoms with Crippen LogP contribution in [0.2, 0.25) is 5.02 Å². The lowest BCUT2D eigenvalue weighted by molar-refractivity contribution is -0.121. The fraction of sp³-hybridized carbons (Fsp3) is 0.448. The fourth-order valence-corrected chi connectivity index (χ4v) is 4.05. The van der Waals surface area contributed by atoms with E-state index in [9.17, 15) is 19.2 Å². The number of hydrogen-bond donors (Lipinski definition) is 3. The van der Waals surface area contributed by atoms with E-state index < -0.39 is 47.3 Å². The maximum absolute atomic E-state index is 13.3. The van der Waals surface area contributed by atoms with Gasteiger partial charge in [-0.2, -0.15) is 0 Å². The van der Waals surface area contributed by atoms with Gasteiger partial charge in [0.1, 0.15) is 35.3 Å². The smallest absolute Gasteiger partial charge is 0.411 e. The minimum Gasteiger partial charge on any atom is -0.457 e. The van der Waals surface area contributed by atoms with Crippen molar-refractivity contribution >= 4 is 41.3 Å². The van der Waals surface area contributed by atoms with E-state index in [1.165, 1.54) is 4.90 Å². The Morgan fingerprint density at radius 1 is 0.878 bits per heavy atom. The van der Waals surface area contributed by atoms with Crippen LogP contribution in [0.1, 0.15) is 48.0 Å². The number of anilines is 1. The van der Waals surface area contributed by atoms with Crippen LogP contribution in [0.25, 0.3) is 0 Å². The zero-order valence-corrected chi connectivity index (χ0v) is 24.8. The predicted molar refractivity (Wildman–Crippen MR) is 154 cm³/mol. The lowest BCUT2D eigenvalue weighted by Gasteiger charge is -2.28. The Balaban J connectivity index is 1.63. The van der Waals surface area contributed by atoms with Crippen LogP contribution in [0.15, 0.2) is 48.5 Å². The maximum Gasteiger partial charge on any atom is 0.411 e. The van der Waals surface area contributed by atoms with E-state index in [-0.39, 0.29) is 19.5 Å². The lowest BCUT2D eigenvalue weighted by atomic mass is 10.1. The average Bonchev–Trinajstić information content (AvgIpc) is 3.27. The largest absolute Gasteiger partial charge is 0.457 e. The number of carbonyl (C=O) groups excluding carboxylic acids is 4. The van der Waals surface area contributed by atoms with E-state index >= 15 is 0 Å². The second-order valence-electron chi connectivity index (χ2n) is 11.6. The summed E-state index contributed by atoms with van der Waals surface area (Å²) in [4.78, 5) is 51.9. The van der Waals surface area contributed by atoms with Crippen molar-refractivity contribution < 1.29 is 33.4 Å². The molecule has 222 valence electrons. The molecule has 1 aliphatic rings. The molecular formula is C29H37ClN4O7. The minimum absolute atomic E-state index is 0.0546. The Kier molecular flexibility index (Phi) is 10.1. The van der Waals surface area contributed by atoms with Gasteiger partial charge in [-0.15, -0.1) is 0 Å². The summed E-state index contributed by atoms with van der Waals surface area (Å²) in [5, 5.41) is 8.57. The maximum atomic E-state index is 13.3. The Morgan fingerprint density at radius 3 is 2.00 bits per heavy atom. The van der Waals surface area contributed by atoms with Gasteiger partial charge in [-0.05, 0) is 96.5 Å². The average molecular weight is 589 g/mol. The summed E-state index contributed by atoms with van der Waals surface area (Å²) >= 11 is 5.91. The van der Waals surface area contributed by atoms with Crippen molar-refractivity contribution in [2.45, 2.75) is 71.2 Å². The summed E-state index contributed by atoms with van der Waals surface area (Å²) in [6.07, 6.45) is -1.25. The summed E-state index contributed by atoms with van der Waals surface area (Å²) in [5.74, 6) is 0.247. The van der Waals surface area contributed by atoms with Crippen LogP contribution in [0.4, 0.5) is 15.3 Å². The summed E-state index contributed by atoms with van der Waals surface area (Å²) in [6.45, 7) is 10.1. The molecule has 3 rings (SSSR count). The fourth-order valence-electron chi connectivity index (χ4n) is 3.93. The van der Waals surface area contributed by atoms with Gasteiger partial charge >= 0.3 is 12.2 Å². The molecule has 2 aromatic carbocycles. The molecular weight excluding hydrogens is 552 g/mol. The molecule has 1 aliphatic heterocycles. The van der Waals surface area contributed by atoms with Crippen LogP contribution in [0.5, 0.6) is 11.5 Å². The molecule has 0 aromatic heterocycles. The van der Waals surface area contributed by atoms with Crippen LogP contribution in [-0.2, 0) is 19.1 Å². The van der Waals surface area contributed by atoms with E-state index in [1.54, 1.807) is 90.1 Å². The number of benzene rings is 2. The van der Waals surface area contributed by atoms with Gasteiger partial charge in [-0.1, -0.05) is 11.6 Å². The SMILES string of the molecule is CC(C)(C)OC(=O)NCC(=O)N[C@@H]1C[C@@H](C(=O)Nc2ccc(Oc3ccc(Cl)cc3)cc2)N(C(=O)OC(C)(C)C)C1. The number of nitrogens with one attached hydrogen (secondary N) is 3. The molecule has 1 saturated heterocycles. The highest BCUT2D eigenvalue weighted by atomic mass is 35.5. The highest BCUT2D eigenvalue weighted by Gasteiger charge is 2.42. The van der Waals surface area contributed by atoms with Gasteiger partial charge in [-0.3, -0.25) is 14.5 Å². The molecule has 1 heterocycles. The van der Waals surface area contributed by atoms with Gasteiger partial charge in [0.05, 0.1) is 0 Å². The molecule has 2 aromatic rings. The van der Waals surface area contributed by atoms with Gasteiger partial charge in [0.2, 0.25) is 11.8 Å². The number of halogens is 1. The third kappa shape index (κ3) is 10.5. The summed E-state index contributed by atoms with van der Waals surface area (Å²) < 4.78 is 16.4. The van der Waals surface area contributed by atoms with Crippen molar-refractivity contribution in [3.63, 3.8) is 0 Å². The second kappa shape index (κ2) is 13.1. The summed E-state index contributed by atoms with van der Waals surface area (Å²) in [6, 6.07) is 12.2. The molecule has 0 saturated carbocycles. The van der Waals surface area contributed by atoms with Gasteiger partial charge < -0.3 is 30.2 Å². The number of nitrogens with zero attached hydrogens (tertiary/aromatic N) is 1. The molecule has 0 aliphatic carbocycles. The number of alkyl carbamates (subject to hydrolysis) is 1. The first-order valence-corrected chi connectivity index (χ1v) is 13.6. The molecule has 11 nitrogen and oxygen atoms in total. The Labute approximate surface area is 244 Å². The van der Waals surface area contributed by atoms with E-state index in [0.717, 1.165) is 0 Å². The lowest BCUT2D eigenvalue weighted by Crippen LogP contribution is -2.46. The number of carbonyl (C=O) groups is 4. The topological polar surface area (TPSA) is 135 Å². The first-order valence-electron chi connectivity index (χ1n) is 13.2. The molecule has 12 heteroatoms. The Hall–Kier alpha value is -3.99. The summed E-state index contributed by atoms with van der Waals surface area (Å²) in [5.41, 5.74) is -0.988. The second-order valence-corrected chi connectivity index (χ2v) is 12.0. The van der Waals surface area contributed by atoms with Gasteiger partial charge in [-0.25, -0.2) is 9.59 Å². The highest BCUT2D eigenvalue weighted by molar-refractivity contribution is 6.30. The van der Waals surface area contributed by atoms with Crippen molar-refractivity contribution in [3.05, 3.63) is 53.6 Å². The third-order valence-corrected chi connectivity index (χ3v) is 5.81. The molecule has 3 N–H and O–H groups in total. The quantitative estimate of drug-likeness (QED) is 0.410. The van der Waals surface area contributed by atoms with Crippen LogP contribution in [-0.4, -0.2) is 65.3 Å². The first kappa shape index (κ1) is 31.5. The van der Waals surface area contributed by atoms with E-state index in [1.807, 2.05) is 0 Å². The van der Waals surface area contributed by atoms with Gasteiger partial charge in [0.15, 0.2) is 0 Å². The number of hydrogen-bond acceptors (Lipinski definition) is 7. The van der Waals surface area contributed by atoms with Crippen molar-refractivity contribution in [1.29, 1.82) is 0 Å². The molecule has 41 heavy (non-hydrogen) atoms. The van der Waals surface area contributed by atoms with Crippen molar-refractivity contribution in [1.82, 2.24) is 15.5 Å². The molecule has 4 amide bonds. The van der Waals surface area contributed by atoms with Crippen LogP contribution in [0.3, 0.4) is 0 Å².